The molecule has 0 aliphatic heterocycles. The van der Waals surface area contributed by atoms with Gasteiger partial charge in [-0.25, -0.2) is 13.6 Å². The van der Waals surface area contributed by atoms with Gasteiger partial charge in [0.15, 0.2) is 6.61 Å². The number of halogens is 2. The first-order chi connectivity index (χ1) is 11.8. The van der Waals surface area contributed by atoms with Gasteiger partial charge in [0.25, 0.3) is 5.91 Å². The van der Waals surface area contributed by atoms with Crippen molar-refractivity contribution in [2.45, 2.75) is 33.2 Å². The largest absolute Gasteiger partial charge is 0.451 e. The highest BCUT2D eigenvalue weighted by atomic mass is 32.1. The van der Waals surface area contributed by atoms with Crippen LogP contribution in [0.4, 0.5) is 8.78 Å². The normalized spacial score (nSPS) is 11.9. The van der Waals surface area contributed by atoms with Crippen LogP contribution >= 0.6 is 11.3 Å². The summed E-state index contributed by atoms with van der Waals surface area (Å²) >= 11 is 1.34. The zero-order valence-corrected chi connectivity index (χ0v) is 15.0. The van der Waals surface area contributed by atoms with Crippen molar-refractivity contribution in [3.8, 4) is 0 Å². The average Bonchev–Trinajstić information content (AvgIpc) is 2.93. The minimum Gasteiger partial charge on any atom is -0.451 e. The van der Waals surface area contributed by atoms with Crippen LogP contribution in [0.1, 0.15) is 45.6 Å². The number of hydrogen-bond donors (Lipinski definition) is 1. The number of carbonyl (C=O) groups excluding carboxylic acids is 2. The quantitative estimate of drug-likeness (QED) is 0.787. The summed E-state index contributed by atoms with van der Waals surface area (Å²) in [6.07, 6.45) is 0.824. The summed E-state index contributed by atoms with van der Waals surface area (Å²) in [5, 5.41) is 2.52. The molecule has 1 atom stereocenters. The Bertz CT molecular complexity index is 789. The molecule has 4 nitrogen and oxygen atoms in total. The third-order valence-electron chi connectivity index (χ3n) is 3.68. The number of amides is 1. The van der Waals surface area contributed by atoms with Gasteiger partial charge < -0.3 is 10.1 Å². The molecule has 2 rings (SSSR count). The van der Waals surface area contributed by atoms with Gasteiger partial charge in [0, 0.05) is 16.5 Å². The molecule has 0 saturated heterocycles. The van der Waals surface area contributed by atoms with E-state index in [9.17, 15) is 18.4 Å². The molecule has 25 heavy (non-hydrogen) atoms. The van der Waals surface area contributed by atoms with Gasteiger partial charge in [-0.05, 0) is 38.0 Å². The SMILES string of the molecule is CCc1sc(C(=O)OCC(=O)NC(C)c2ccc(F)cc2F)cc1C. The molecule has 0 spiro atoms. The Kier molecular flexibility index (Phi) is 6.25. The molecule has 1 aromatic carbocycles. The molecule has 1 unspecified atom stereocenters. The Morgan fingerprint density at radius 1 is 1.28 bits per heavy atom. The van der Waals surface area contributed by atoms with Crippen molar-refractivity contribution in [3.05, 3.63) is 56.8 Å². The van der Waals surface area contributed by atoms with Crippen LogP contribution in [-0.4, -0.2) is 18.5 Å². The summed E-state index contributed by atoms with van der Waals surface area (Å²) in [6.45, 7) is 5.01. The topological polar surface area (TPSA) is 55.4 Å². The summed E-state index contributed by atoms with van der Waals surface area (Å²) in [4.78, 5) is 25.4. The van der Waals surface area contributed by atoms with Crippen LogP contribution in [0, 0.1) is 18.6 Å². The third kappa shape index (κ3) is 4.85. The minimum absolute atomic E-state index is 0.155. The number of esters is 1. The van der Waals surface area contributed by atoms with E-state index >= 15 is 0 Å². The molecule has 1 aromatic heterocycles. The first kappa shape index (κ1) is 19.1. The molecular formula is C18H19F2NO3S. The molecule has 0 aliphatic carbocycles. The molecule has 0 bridgehead atoms. The second-order valence-corrected chi connectivity index (χ2v) is 6.74. The van der Waals surface area contributed by atoms with Gasteiger partial charge in [-0.1, -0.05) is 13.0 Å². The molecule has 1 heterocycles. The van der Waals surface area contributed by atoms with Crippen molar-refractivity contribution in [3.63, 3.8) is 0 Å². The second kappa shape index (κ2) is 8.20. The van der Waals surface area contributed by atoms with E-state index in [1.165, 1.54) is 17.4 Å². The molecule has 1 N–H and O–H groups in total. The van der Waals surface area contributed by atoms with Crippen LogP contribution in [-0.2, 0) is 16.0 Å². The first-order valence-corrected chi connectivity index (χ1v) is 8.64. The molecule has 134 valence electrons. The number of nitrogens with one attached hydrogen (secondary N) is 1. The van der Waals surface area contributed by atoms with E-state index in [2.05, 4.69) is 5.32 Å². The fourth-order valence-corrected chi connectivity index (χ4v) is 3.39. The fraction of sp³-hybridized carbons (Fsp3) is 0.333. The maximum absolute atomic E-state index is 13.7. The fourth-order valence-electron chi connectivity index (χ4n) is 2.39. The highest BCUT2D eigenvalue weighted by Gasteiger charge is 2.17. The summed E-state index contributed by atoms with van der Waals surface area (Å²) in [6, 6.07) is 4.19. The lowest BCUT2D eigenvalue weighted by molar-refractivity contribution is -0.124. The lowest BCUT2D eigenvalue weighted by Gasteiger charge is -2.15. The standard InChI is InChI=1S/C18H19F2NO3S/c1-4-15-10(2)7-16(25-15)18(23)24-9-17(22)21-11(3)13-6-5-12(19)8-14(13)20/h5-8,11H,4,9H2,1-3H3,(H,21,22). The summed E-state index contributed by atoms with van der Waals surface area (Å²) in [5.41, 5.74) is 1.17. The average molecular weight is 367 g/mol. The highest BCUT2D eigenvalue weighted by Crippen LogP contribution is 2.23. The highest BCUT2D eigenvalue weighted by molar-refractivity contribution is 7.14. The van der Waals surface area contributed by atoms with Gasteiger partial charge in [0.1, 0.15) is 16.5 Å². The predicted molar refractivity (Wildman–Crippen MR) is 91.6 cm³/mol. The van der Waals surface area contributed by atoms with Gasteiger partial charge in [0.2, 0.25) is 0 Å². The molecule has 0 saturated carbocycles. The number of benzene rings is 1. The Hall–Kier alpha value is -2.28. The monoisotopic (exact) mass is 367 g/mol. The second-order valence-electron chi connectivity index (χ2n) is 5.60. The number of aryl methyl sites for hydroxylation is 2. The smallest absolute Gasteiger partial charge is 0.348 e. The van der Waals surface area contributed by atoms with Crippen molar-refractivity contribution >= 4 is 23.2 Å². The van der Waals surface area contributed by atoms with Crippen molar-refractivity contribution in [2.75, 3.05) is 6.61 Å². The van der Waals surface area contributed by atoms with Gasteiger partial charge in [-0.2, -0.15) is 0 Å². The van der Waals surface area contributed by atoms with Gasteiger partial charge in [-0.15, -0.1) is 11.3 Å². The Labute approximate surface area is 148 Å². The molecule has 1 amide bonds. The van der Waals surface area contributed by atoms with E-state index in [-0.39, 0.29) is 5.56 Å². The van der Waals surface area contributed by atoms with E-state index in [1.54, 1.807) is 13.0 Å². The van der Waals surface area contributed by atoms with E-state index in [0.29, 0.717) is 4.88 Å². The van der Waals surface area contributed by atoms with Gasteiger partial charge in [-0.3, -0.25) is 4.79 Å². The molecule has 0 aliphatic rings. The van der Waals surface area contributed by atoms with E-state index in [4.69, 9.17) is 4.74 Å². The van der Waals surface area contributed by atoms with Crippen LogP contribution in [0.3, 0.4) is 0 Å². The van der Waals surface area contributed by atoms with Crippen molar-refractivity contribution in [1.29, 1.82) is 0 Å². The number of thiophene rings is 1. The van der Waals surface area contributed by atoms with Crippen LogP contribution < -0.4 is 5.32 Å². The van der Waals surface area contributed by atoms with Gasteiger partial charge in [0.05, 0.1) is 6.04 Å². The van der Waals surface area contributed by atoms with E-state index in [0.717, 1.165) is 29.0 Å². The Morgan fingerprint density at radius 2 is 2.00 bits per heavy atom. The van der Waals surface area contributed by atoms with Gasteiger partial charge >= 0.3 is 5.97 Å². The first-order valence-electron chi connectivity index (χ1n) is 7.82. The summed E-state index contributed by atoms with van der Waals surface area (Å²) in [7, 11) is 0. The maximum Gasteiger partial charge on any atom is 0.348 e. The zero-order valence-electron chi connectivity index (χ0n) is 14.2. The third-order valence-corrected chi connectivity index (χ3v) is 5.05. The number of hydrogen-bond acceptors (Lipinski definition) is 4. The summed E-state index contributed by atoms with van der Waals surface area (Å²) < 4.78 is 31.6. The minimum atomic E-state index is -0.744. The lowest BCUT2D eigenvalue weighted by atomic mass is 10.1. The van der Waals surface area contributed by atoms with E-state index < -0.39 is 36.2 Å². The summed E-state index contributed by atoms with van der Waals surface area (Å²) in [5.74, 6) is -2.56. The number of ether oxygens (including phenoxy) is 1. The van der Waals surface area contributed by atoms with Crippen molar-refractivity contribution < 1.29 is 23.1 Å². The Morgan fingerprint density at radius 3 is 2.60 bits per heavy atom. The molecule has 0 radical (unpaired) electrons. The molecule has 2 aromatic rings. The molecule has 0 fully saturated rings. The predicted octanol–water partition coefficient (Wildman–Crippen LogP) is 3.93. The zero-order chi connectivity index (χ0) is 18.6. The maximum atomic E-state index is 13.7. The van der Waals surface area contributed by atoms with Crippen LogP contribution in [0.2, 0.25) is 0 Å². The van der Waals surface area contributed by atoms with Crippen molar-refractivity contribution in [2.24, 2.45) is 0 Å². The van der Waals surface area contributed by atoms with Crippen molar-refractivity contribution in [1.82, 2.24) is 5.32 Å². The lowest BCUT2D eigenvalue weighted by Crippen LogP contribution is -2.31. The Balaban J connectivity index is 1.90. The number of carbonyl (C=O) groups is 2. The van der Waals surface area contributed by atoms with Crippen LogP contribution in [0.25, 0.3) is 0 Å². The van der Waals surface area contributed by atoms with Crippen LogP contribution in [0.15, 0.2) is 24.3 Å². The molecule has 7 heteroatoms. The van der Waals surface area contributed by atoms with Crippen LogP contribution in [0.5, 0.6) is 0 Å². The van der Waals surface area contributed by atoms with E-state index in [1.807, 2.05) is 13.8 Å². The molecular weight excluding hydrogens is 348 g/mol. The number of rotatable bonds is 6.